The number of piperazine rings is 1. The summed E-state index contributed by atoms with van der Waals surface area (Å²) in [7, 11) is 0. The summed E-state index contributed by atoms with van der Waals surface area (Å²) in [6, 6.07) is 6.62. The summed E-state index contributed by atoms with van der Waals surface area (Å²) in [5, 5.41) is 12.2. The first-order chi connectivity index (χ1) is 13.7. The average Bonchev–Trinajstić information content (AvgIpc) is 3.28. The number of anilines is 4. The zero-order chi connectivity index (χ0) is 19.3. The summed E-state index contributed by atoms with van der Waals surface area (Å²) in [6.45, 7) is 5.53. The van der Waals surface area contributed by atoms with Crippen molar-refractivity contribution < 1.29 is 9.50 Å². The molecule has 1 aromatic carbocycles. The first kappa shape index (κ1) is 18.7. The highest BCUT2D eigenvalue weighted by molar-refractivity contribution is 5.50. The molecule has 0 amide bonds. The lowest BCUT2D eigenvalue weighted by atomic mass is 10.2. The highest BCUT2D eigenvalue weighted by atomic mass is 19.1. The van der Waals surface area contributed by atoms with Gasteiger partial charge in [0.25, 0.3) is 0 Å². The van der Waals surface area contributed by atoms with E-state index >= 15 is 0 Å². The van der Waals surface area contributed by atoms with Crippen molar-refractivity contribution >= 4 is 23.5 Å². The number of nitrogens with zero attached hydrogens (tertiary/aromatic N) is 6. The summed E-state index contributed by atoms with van der Waals surface area (Å²) >= 11 is 0. The molecule has 28 heavy (non-hydrogen) atoms. The molecule has 3 heterocycles. The molecule has 2 aromatic rings. The van der Waals surface area contributed by atoms with E-state index in [9.17, 15) is 4.39 Å². The largest absolute Gasteiger partial charge is 0.395 e. The van der Waals surface area contributed by atoms with E-state index < -0.39 is 0 Å². The smallest absolute Gasteiger partial charge is 0.232 e. The van der Waals surface area contributed by atoms with Crippen LogP contribution in [0.4, 0.5) is 27.9 Å². The van der Waals surface area contributed by atoms with Gasteiger partial charge in [-0.1, -0.05) is 0 Å². The van der Waals surface area contributed by atoms with Gasteiger partial charge in [-0.05, 0) is 37.1 Å². The van der Waals surface area contributed by atoms with Gasteiger partial charge in [0.2, 0.25) is 17.8 Å². The van der Waals surface area contributed by atoms with Crippen molar-refractivity contribution in [1.82, 2.24) is 15.0 Å². The molecule has 0 radical (unpaired) electrons. The topological polar surface area (TPSA) is 80.6 Å². The van der Waals surface area contributed by atoms with Crippen LogP contribution >= 0.6 is 0 Å². The predicted octanol–water partition coefficient (Wildman–Crippen LogP) is 1.34. The number of halogens is 1. The first-order valence-corrected chi connectivity index (χ1v) is 9.84. The van der Waals surface area contributed by atoms with E-state index in [1.54, 1.807) is 0 Å². The van der Waals surface area contributed by atoms with Gasteiger partial charge in [0.15, 0.2) is 0 Å². The van der Waals surface area contributed by atoms with Crippen LogP contribution in [0.5, 0.6) is 0 Å². The van der Waals surface area contributed by atoms with E-state index in [1.807, 2.05) is 12.1 Å². The molecule has 0 atom stereocenters. The maximum Gasteiger partial charge on any atom is 0.232 e. The molecule has 0 bridgehead atoms. The molecule has 0 aliphatic carbocycles. The van der Waals surface area contributed by atoms with Crippen LogP contribution in [-0.2, 0) is 0 Å². The maximum atomic E-state index is 13.2. The Morgan fingerprint density at radius 3 is 2.00 bits per heavy atom. The average molecular weight is 387 g/mol. The van der Waals surface area contributed by atoms with Crippen molar-refractivity contribution in [2.45, 2.75) is 12.8 Å². The monoisotopic (exact) mass is 387 g/mol. The third-order valence-corrected chi connectivity index (χ3v) is 5.15. The molecule has 0 unspecified atom stereocenters. The number of hydrogen-bond donors (Lipinski definition) is 2. The van der Waals surface area contributed by atoms with Gasteiger partial charge in [-0.15, -0.1) is 0 Å². The summed E-state index contributed by atoms with van der Waals surface area (Å²) in [4.78, 5) is 20.4. The Kier molecular flexibility index (Phi) is 5.70. The molecule has 0 spiro atoms. The molecule has 9 heteroatoms. The van der Waals surface area contributed by atoms with Crippen LogP contribution in [0.1, 0.15) is 12.8 Å². The highest BCUT2D eigenvalue weighted by Gasteiger charge is 2.23. The molecule has 150 valence electrons. The lowest BCUT2D eigenvalue weighted by molar-refractivity contribution is 0.311. The van der Waals surface area contributed by atoms with Crippen LogP contribution in [0.15, 0.2) is 24.3 Å². The summed E-state index contributed by atoms with van der Waals surface area (Å²) < 4.78 is 13.2. The van der Waals surface area contributed by atoms with E-state index in [4.69, 9.17) is 10.1 Å². The maximum absolute atomic E-state index is 13.2. The van der Waals surface area contributed by atoms with E-state index in [2.05, 4.69) is 30.0 Å². The third kappa shape index (κ3) is 4.24. The normalized spacial score (nSPS) is 17.3. The zero-order valence-corrected chi connectivity index (χ0v) is 15.9. The van der Waals surface area contributed by atoms with Crippen molar-refractivity contribution in [2.75, 3.05) is 72.4 Å². The van der Waals surface area contributed by atoms with Crippen molar-refractivity contribution in [3.8, 4) is 0 Å². The van der Waals surface area contributed by atoms with Crippen molar-refractivity contribution in [2.24, 2.45) is 0 Å². The Hall–Kier alpha value is -2.68. The van der Waals surface area contributed by atoms with Gasteiger partial charge in [0.05, 0.1) is 6.61 Å². The second-order valence-electron chi connectivity index (χ2n) is 7.05. The molecule has 4 rings (SSSR count). The zero-order valence-electron chi connectivity index (χ0n) is 15.9. The van der Waals surface area contributed by atoms with Gasteiger partial charge >= 0.3 is 0 Å². The van der Waals surface area contributed by atoms with Crippen LogP contribution in [-0.4, -0.2) is 72.5 Å². The minimum atomic E-state index is -0.218. The number of hydrogen-bond acceptors (Lipinski definition) is 8. The minimum absolute atomic E-state index is 0.0242. The van der Waals surface area contributed by atoms with E-state index in [0.29, 0.717) is 24.4 Å². The van der Waals surface area contributed by atoms with E-state index in [1.165, 1.54) is 12.1 Å². The highest BCUT2D eigenvalue weighted by Crippen LogP contribution is 2.23. The minimum Gasteiger partial charge on any atom is -0.395 e. The van der Waals surface area contributed by atoms with Gasteiger partial charge in [0, 0.05) is 51.5 Å². The number of aliphatic hydroxyl groups excluding tert-OH is 1. The Morgan fingerprint density at radius 2 is 1.39 bits per heavy atom. The van der Waals surface area contributed by atoms with Crippen LogP contribution in [0.3, 0.4) is 0 Å². The van der Waals surface area contributed by atoms with E-state index in [0.717, 1.165) is 57.8 Å². The van der Waals surface area contributed by atoms with Crippen molar-refractivity contribution in [1.29, 1.82) is 0 Å². The SMILES string of the molecule is OCCNc1nc(N2CCCC2)nc(N2CCN(c3ccc(F)cc3)CC2)n1. The van der Waals surface area contributed by atoms with Crippen LogP contribution < -0.4 is 20.0 Å². The van der Waals surface area contributed by atoms with Crippen molar-refractivity contribution in [3.05, 3.63) is 30.1 Å². The fraction of sp³-hybridized carbons (Fsp3) is 0.526. The molecule has 2 aliphatic heterocycles. The Balaban J connectivity index is 1.48. The van der Waals surface area contributed by atoms with Gasteiger partial charge in [0.1, 0.15) is 5.82 Å². The molecule has 1 aromatic heterocycles. The first-order valence-electron chi connectivity index (χ1n) is 9.84. The molecule has 2 saturated heterocycles. The number of aromatic nitrogens is 3. The Morgan fingerprint density at radius 1 is 0.821 bits per heavy atom. The fourth-order valence-corrected chi connectivity index (χ4v) is 3.62. The second-order valence-corrected chi connectivity index (χ2v) is 7.05. The number of rotatable bonds is 6. The Bertz CT molecular complexity index is 774. The number of nitrogens with one attached hydrogen (secondary N) is 1. The lowest BCUT2D eigenvalue weighted by Gasteiger charge is -2.36. The molecule has 2 N–H and O–H groups in total. The quantitative estimate of drug-likeness (QED) is 0.769. The van der Waals surface area contributed by atoms with Crippen molar-refractivity contribution in [3.63, 3.8) is 0 Å². The second kappa shape index (κ2) is 8.55. The third-order valence-electron chi connectivity index (χ3n) is 5.15. The van der Waals surface area contributed by atoms with Crippen LogP contribution in [0, 0.1) is 5.82 Å². The van der Waals surface area contributed by atoms with Gasteiger partial charge in [-0.3, -0.25) is 0 Å². The molecular weight excluding hydrogens is 361 g/mol. The van der Waals surface area contributed by atoms with Gasteiger partial charge < -0.3 is 25.1 Å². The summed E-state index contributed by atoms with van der Waals surface area (Å²) in [6.07, 6.45) is 2.30. The lowest BCUT2D eigenvalue weighted by Crippen LogP contribution is -2.47. The predicted molar refractivity (Wildman–Crippen MR) is 108 cm³/mol. The number of aliphatic hydroxyl groups is 1. The number of benzene rings is 1. The molecule has 8 nitrogen and oxygen atoms in total. The molecule has 2 aliphatic rings. The molecular formula is C19H26FN7O. The summed E-state index contributed by atoms with van der Waals surface area (Å²) in [5.74, 6) is 1.65. The fourth-order valence-electron chi connectivity index (χ4n) is 3.62. The van der Waals surface area contributed by atoms with Gasteiger partial charge in [-0.25, -0.2) is 4.39 Å². The molecule has 0 saturated carbocycles. The standard InChI is InChI=1S/C19H26FN7O/c20-15-3-5-16(6-4-15)25-10-12-27(13-11-25)19-23-17(21-7-14-28)22-18(24-19)26-8-1-2-9-26/h3-6,28H,1-2,7-14H2,(H,21,22,23,24). The van der Waals surface area contributed by atoms with Crippen LogP contribution in [0.2, 0.25) is 0 Å². The summed E-state index contributed by atoms with van der Waals surface area (Å²) in [5.41, 5.74) is 1.03. The molecule has 2 fully saturated rings. The van der Waals surface area contributed by atoms with E-state index in [-0.39, 0.29) is 12.4 Å². The van der Waals surface area contributed by atoms with Crippen LogP contribution in [0.25, 0.3) is 0 Å². The Labute approximate surface area is 164 Å². The van der Waals surface area contributed by atoms with Gasteiger partial charge in [-0.2, -0.15) is 15.0 Å².